The molecular weight excluding hydrogens is 406 g/mol. The highest BCUT2D eigenvalue weighted by atomic mass is 16.5. The van der Waals surface area contributed by atoms with E-state index in [1.165, 1.54) is 5.56 Å². The third-order valence-electron chi connectivity index (χ3n) is 5.62. The normalized spacial score (nSPS) is 15.9. The molecule has 3 rings (SSSR count). The van der Waals surface area contributed by atoms with Gasteiger partial charge in [0, 0.05) is 37.4 Å². The molecule has 8 nitrogen and oxygen atoms in total. The first-order valence-electron chi connectivity index (χ1n) is 11.2. The van der Waals surface area contributed by atoms with Crippen LogP contribution in [0.5, 0.6) is 11.5 Å². The maximum Gasteiger partial charge on any atom is 0.191 e. The number of aromatic nitrogens is 1. The molecule has 1 aromatic heterocycles. The van der Waals surface area contributed by atoms with Crippen LogP contribution in [0, 0.1) is 6.92 Å². The lowest BCUT2D eigenvalue weighted by Crippen LogP contribution is -2.49. The van der Waals surface area contributed by atoms with E-state index in [9.17, 15) is 5.11 Å². The van der Waals surface area contributed by atoms with Crippen LogP contribution in [0.4, 0.5) is 5.82 Å². The van der Waals surface area contributed by atoms with Gasteiger partial charge in [0.05, 0.1) is 20.8 Å². The Morgan fingerprint density at radius 3 is 2.62 bits per heavy atom. The standard InChI is InChI=1S/C24H35N5O3/c1-5-25-24(27-16-21(30)20-14-19(31-3)7-8-22(20)32-4)28-18-10-12-29(13-11-18)23-9-6-17(2)15-26-23/h6-9,14-15,18,21,30H,5,10-13,16H2,1-4H3,(H2,25,27,28). The minimum absolute atomic E-state index is 0.213. The Labute approximate surface area is 190 Å². The molecule has 1 saturated heterocycles. The van der Waals surface area contributed by atoms with Gasteiger partial charge >= 0.3 is 0 Å². The van der Waals surface area contributed by atoms with Crippen LogP contribution in [0.15, 0.2) is 41.5 Å². The van der Waals surface area contributed by atoms with Crippen molar-refractivity contribution in [3.8, 4) is 11.5 Å². The number of methoxy groups -OCH3 is 2. The van der Waals surface area contributed by atoms with E-state index in [0.29, 0.717) is 29.1 Å². The van der Waals surface area contributed by atoms with E-state index in [-0.39, 0.29) is 6.54 Å². The predicted octanol–water partition coefficient (Wildman–Crippen LogP) is 2.66. The number of rotatable bonds is 8. The fourth-order valence-electron chi connectivity index (χ4n) is 3.79. The molecular formula is C24H35N5O3. The van der Waals surface area contributed by atoms with Crippen molar-refractivity contribution in [3.63, 3.8) is 0 Å². The van der Waals surface area contributed by atoms with Crippen LogP contribution in [0.2, 0.25) is 0 Å². The van der Waals surface area contributed by atoms with Gasteiger partial charge < -0.3 is 30.1 Å². The zero-order chi connectivity index (χ0) is 22.9. The first-order valence-corrected chi connectivity index (χ1v) is 11.2. The number of benzene rings is 1. The number of piperidine rings is 1. The van der Waals surface area contributed by atoms with Gasteiger partial charge in [-0.15, -0.1) is 0 Å². The van der Waals surface area contributed by atoms with Gasteiger partial charge in [-0.2, -0.15) is 0 Å². The first kappa shape index (κ1) is 23.7. The van der Waals surface area contributed by atoms with Gasteiger partial charge in [-0.25, -0.2) is 4.98 Å². The molecule has 0 bridgehead atoms. The van der Waals surface area contributed by atoms with Crippen LogP contribution < -0.4 is 25.0 Å². The second-order valence-electron chi connectivity index (χ2n) is 7.94. The number of nitrogens with one attached hydrogen (secondary N) is 2. The number of aliphatic hydroxyl groups is 1. The fraction of sp³-hybridized carbons (Fsp3) is 0.500. The molecule has 0 saturated carbocycles. The number of aryl methyl sites for hydroxylation is 1. The Morgan fingerprint density at radius 1 is 1.22 bits per heavy atom. The van der Waals surface area contributed by atoms with Gasteiger partial charge in [0.25, 0.3) is 0 Å². The Bertz CT molecular complexity index is 880. The summed E-state index contributed by atoms with van der Waals surface area (Å²) >= 11 is 0. The Hall–Kier alpha value is -3.00. The predicted molar refractivity (Wildman–Crippen MR) is 128 cm³/mol. The molecule has 0 amide bonds. The van der Waals surface area contributed by atoms with Crippen LogP contribution in [0.1, 0.15) is 37.0 Å². The van der Waals surface area contributed by atoms with E-state index in [4.69, 9.17) is 9.47 Å². The van der Waals surface area contributed by atoms with Crippen molar-refractivity contribution >= 4 is 11.8 Å². The third kappa shape index (κ3) is 6.26. The number of ether oxygens (including phenoxy) is 2. The zero-order valence-electron chi connectivity index (χ0n) is 19.5. The van der Waals surface area contributed by atoms with E-state index in [1.807, 2.05) is 19.2 Å². The van der Waals surface area contributed by atoms with Crippen molar-refractivity contribution in [2.75, 3.05) is 45.3 Å². The number of nitrogens with zero attached hydrogens (tertiary/aromatic N) is 3. The van der Waals surface area contributed by atoms with Gasteiger partial charge in [0.2, 0.25) is 0 Å². The van der Waals surface area contributed by atoms with E-state index in [0.717, 1.165) is 38.3 Å². The number of hydrogen-bond acceptors (Lipinski definition) is 6. The van der Waals surface area contributed by atoms with Crippen molar-refractivity contribution in [2.45, 2.75) is 38.8 Å². The number of anilines is 1. The molecule has 1 unspecified atom stereocenters. The smallest absolute Gasteiger partial charge is 0.191 e. The summed E-state index contributed by atoms with van der Waals surface area (Å²) in [5, 5.41) is 17.5. The monoisotopic (exact) mass is 441 g/mol. The van der Waals surface area contributed by atoms with Crippen LogP contribution >= 0.6 is 0 Å². The highest BCUT2D eigenvalue weighted by Crippen LogP contribution is 2.29. The number of hydrogen-bond donors (Lipinski definition) is 3. The minimum Gasteiger partial charge on any atom is -0.497 e. The van der Waals surface area contributed by atoms with Crippen LogP contribution in [-0.2, 0) is 0 Å². The van der Waals surface area contributed by atoms with E-state index in [1.54, 1.807) is 26.4 Å². The van der Waals surface area contributed by atoms with Crippen LogP contribution in [-0.4, -0.2) is 62.5 Å². The molecule has 0 radical (unpaired) electrons. The summed E-state index contributed by atoms with van der Waals surface area (Å²) in [4.78, 5) is 11.5. The van der Waals surface area contributed by atoms with Gasteiger partial charge in [0.15, 0.2) is 5.96 Å². The van der Waals surface area contributed by atoms with E-state index >= 15 is 0 Å². The molecule has 0 spiro atoms. The average Bonchev–Trinajstić information content (AvgIpc) is 2.83. The van der Waals surface area contributed by atoms with Crippen molar-refractivity contribution in [2.24, 2.45) is 4.99 Å². The summed E-state index contributed by atoms with van der Waals surface area (Å²) in [5.41, 5.74) is 1.83. The molecule has 2 aromatic rings. The van der Waals surface area contributed by atoms with Gasteiger partial charge in [-0.3, -0.25) is 4.99 Å². The summed E-state index contributed by atoms with van der Waals surface area (Å²) < 4.78 is 10.7. The zero-order valence-corrected chi connectivity index (χ0v) is 19.5. The highest BCUT2D eigenvalue weighted by molar-refractivity contribution is 5.80. The molecule has 0 aliphatic carbocycles. The molecule has 1 aliphatic heterocycles. The lowest BCUT2D eigenvalue weighted by molar-refractivity contribution is 0.182. The second-order valence-corrected chi connectivity index (χ2v) is 7.94. The maximum absolute atomic E-state index is 10.7. The fourth-order valence-corrected chi connectivity index (χ4v) is 3.79. The number of pyridine rings is 1. The molecule has 3 N–H and O–H groups in total. The molecule has 2 heterocycles. The van der Waals surface area contributed by atoms with Gasteiger partial charge in [-0.1, -0.05) is 6.07 Å². The summed E-state index contributed by atoms with van der Waals surface area (Å²) in [6.45, 7) is 6.93. The minimum atomic E-state index is -0.801. The number of aliphatic hydroxyl groups excluding tert-OH is 1. The van der Waals surface area contributed by atoms with Crippen LogP contribution in [0.3, 0.4) is 0 Å². The number of guanidine groups is 1. The summed E-state index contributed by atoms with van der Waals surface area (Å²) in [7, 11) is 3.19. The Morgan fingerprint density at radius 2 is 2.00 bits per heavy atom. The van der Waals surface area contributed by atoms with E-state index in [2.05, 4.69) is 44.6 Å². The van der Waals surface area contributed by atoms with Crippen molar-refractivity contribution in [1.29, 1.82) is 0 Å². The third-order valence-corrected chi connectivity index (χ3v) is 5.62. The van der Waals surface area contributed by atoms with Crippen LogP contribution in [0.25, 0.3) is 0 Å². The summed E-state index contributed by atoms with van der Waals surface area (Å²) in [6.07, 6.45) is 3.10. The first-order chi connectivity index (χ1) is 15.5. The summed E-state index contributed by atoms with van der Waals surface area (Å²) in [5.74, 6) is 3.03. The quantitative estimate of drug-likeness (QED) is 0.429. The Balaban J connectivity index is 1.59. The SMILES string of the molecule is CCNC(=NCC(O)c1cc(OC)ccc1OC)NC1CCN(c2ccc(C)cn2)CC1. The van der Waals surface area contributed by atoms with Crippen molar-refractivity contribution in [3.05, 3.63) is 47.7 Å². The topological polar surface area (TPSA) is 91.2 Å². The molecule has 8 heteroatoms. The largest absolute Gasteiger partial charge is 0.497 e. The van der Waals surface area contributed by atoms with Crippen molar-refractivity contribution < 1.29 is 14.6 Å². The maximum atomic E-state index is 10.7. The molecule has 32 heavy (non-hydrogen) atoms. The van der Waals surface area contributed by atoms with Gasteiger partial charge in [-0.05, 0) is 56.5 Å². The average molecular weight is 442 g/mol. The molecule has 1 aromatic carbocycles. The molecule has 174 valence electrons. The van der Waals surface area contributed by atoms with Gasteiger partial charge in [0.1, 0.15) is 23.4 Å². The number of aliphatic imine (C=N–C) groups is 1. The second kappa shape index (κ2) is 11.6. The highest BCUT2D eigenvalue weighted by Gasteiger charge is 2.21. The lowest BCUT2D eigenvalue weighted by atomic mass is 10.1. The molecule has 1 fully saturated rings. The van der Waals surface area contributed by atoms with Crippen molar-refractivity contribution in [1.82, 2.24) is 15.6 Å². The lowest BCUT2D eigenvalue weighted by Gasteiger charge is -2.34. The Kier molecular flexibility index (Phi) is 8.56. The molecule has 1 atom stereocenters. The van der Waals surface area contributed by atoms with E-state index < -0.39 is 6.10 Å². The molecule has 1 aliphatic rings. The summed E-state index contributed by atoms with van der Waals surface area (Å²) in [6, 6.07) is 9.89.